The Kier molecular flexibility index (Phi) is 7.18. The largest absolute Gasteiger partial charge is 0.453 e. The van der Waals surface area contributed by atoms with E-state index in [0.29, 0.717) is 38.3 Å². The lowest BCUT2D eigenvalue weighted by atomic mass is 9.96. The maximum absolute atomic E-state index is 13.1. The molecule has 1 aliphatic rings. The van der Waals surface area contributed by atoms with Gasteiger partial charge in [-0.3, -0.25) is 4.79 Å². The zero-order chi connectivity index (χ0) is 24.1. The van der Waals surface area contributed by atoms with Crippen LogP contribution in [0.25, 0.3) is 5.65 Å². The van der Waals surface area contributed by atoms with Gasteiger partial charge in [-0.1, -0.05) is 18.2 Å². The molecule has 11 heteroatoms. The fraction of sp³-hybridized carbons (Fsp3) is 0.478. The molecule has 0 saturated carbocycles. The van der Waals surface area contributed by atoms with Crippen molar-refractivity contribution in [3.8, 4) is 0 Å². The number of hydrogen-bond donors (Lipinski definition) is 1. The predicted molar refractivity (Wildman–Crippen MR) is 123 cm³/mol. The summed E-state index contributed by atoms with van der Waals surface area (Å²) < 4.78 is 40.1. The molecule has 2 aromatic heterocycles. The minimum Gasteiger partial charge on any atom is -0.372 e. The molecule has 1 aromatic carbocycles. The number of rotatable bonds is 8. The van der Waals surface area contributed by atoms with Crippen LogP contribution >= 0.6 is 0 Å². The summed E-state index contributed by atoms with van der Waals surface area (Å²) in [5, 5.41) is 13.9. The van der Waals surface area contributed by atoms with Crippen molar-refractivity contribution in [1.82, 2.24) is 25.1 Å². The Morgan fingerprint density at radius 2 is 1.85 bits per heavy atom. The summed E-state index contributed by atoms with van der Waals surface area (Å²) in [7, 11) is 0. The molecule has 3 heterocycles. The van der Waals surface area contributed by atoms with Crippen molar-refractivity contribution >= 4 is 23.1 Å². The van der Waals surface area contributed by atoms with E-state index < -0.39 is 12.0 Å². The van der Waals surface area contributed by atoms with Gasteiger partial charge in [-0.2, -0.15) is 17.7 Å². The number of amides is 1. The number of hydrogen-bond acceptors (Lipinski definition) is 6. The SMILES string of the molecule is CCN(CCCNC(=O)C1CCN(c2ccc3nnc(C(F)(F)F)n3n2)CC1)c1ccccc1. The monoisotopic (exact) mass is 475 g/mol. The van der Waals surface area contributed by atoms with E-state index in [1.54, 1.807) is 6.07 Å². The topological polar surface area (TPSA) is 78.7 Å². The van der Waals surface area contributed by atoms with E-state index in [1.807, 2.05) is 23.1 Å². The summed E-state index contributed by atoms with van der Waals surface area (Å²) in [5.74, 6) is -0.814. The number of nitrogens with one attached hydrogen (secondary N) is 1. The van der Waals surface area contributed by atoms with Gasteiger partial charge in [-0.05, 0) is 50.5 Å². The number of anilines is 2. The fourth-order valence-electron chi connectivity index (χ4n) is 4.23. The van der Waals surface area contributed by atoms with Crippen LogP contribution in [0.3, 0.4) is 0 Å². The van der Waals surface area contributed by atoms with Gasteiger partial charge in [0.1, 0.15) is 5.82 Å². The van der Waals surface area contributed by atoms with Gasteiger partial charge in [0, 0.05) is 44.3 Å². The minimum atomic E-state index is -4.63. The number of carbonyl (C=O) groups is 1. The van der Waals surface area contributed by atoms with Crippen LogP contribution in [0.4, 0.5) is 24.7 Å². The van der Waals surface area contributed by atoms with Gasteiger partial charge >= 0.3 is 6.18 Å². The zero-order valence-corrected chi connectivity index (χ0v) is 19.0. The molecule has 3 aromatic rings. The molecule has 0 unspecified atom stereocenters. The van der Waals surface area contributed by atoms with Crippen molar-refractivity contribution in [2.75, 3.05) is 42.5 Å². The molecular formula is C23H28F3N7O. The van der Waals surface area contributed by atoms with E-state index in [0.717, 1.165) is 24.0 Å². The van der Waals surface area contributed by atoms with Crippen molar-refractivity contribution < 1.29 is 18.0 Å². The van der Waals surface area contributed by atoms with Crippen LogP contribution in [0.15, 0.2) is 42.5 Å². The Balaban J connectivity index is 1.25. The number of nitrogens with zero attached hydrogens (tertiary/aromatic N) is 6. The highest BCUT2D eigenvalue weighted by molar-refractivity contribution is 5.79. The fourth-order valence-corrected chi connectivity index (χ4v) is 4.23. The molecule has 1 amide bonds. The van der Waals surface area contributed by atoms with Crippen molar-refractivity contribution in [3.05, 3.63) is 48.3 Å². The molecule has 0 radical (unpaired) electrons. The highest BCUT2D eigenvalue weighted by Gasteiger charge is 2.38. The third kappa shape index (κ3) is 5.40. The van der Waals surface area contributed by atoms with Gasteiger partial charge in [-0.25, -0.2) is 0 Å². The number of para-hydroxylation sites is 1. The van der Waals surface area contributed by atoms with Gasteiger partial charge in [0.25, 0.3) is 5.82 Å². The molecule has 4 rings (SSSR count). The molecule has 1 N–H and O–H groups in total. The number of aromatic nitrogens is 4. The lowest BCUT2D eigenvalue weighted by Gasteiger charge is -2.32. The predicted octanol–water partition coefficient (Wildman–Crippen LogP) is 3.39. The van der Waals surface area contributed by atoms with Crippen LogP contribution in [0.2, 0.25) is 0 Å². The van der Waals surface area contributed by atoms with Gasteiger partial charge < -0.3 is 15.1 Å². The molecule has 0 aliphatic carbocycles. The lowest BCUT2D eigenvalue weighted by molar-refractivity contribution is -0.146. The summed E-state index contributed by atoms with van der Waals surface area (Å²) in [4.78, 5) is 16.8. The zero-order valence-electron chi connectivity index (χ0n) is 19.0. The molecule has 182 valence electrons. The average Bonchev–Trinajstić information content (AvgIpc) is 3.29. The highest BCUT2D eigenvalue weighted by atomic mass is 19.4. The van der Waals surface area contributed by atoms with Gasteiger partial charge in [0.2, 0.25) is 5.91 Å². The Morgan fingerprint density at radius 1 is 1.12 bits per heavy atom. The van der Waals surface area contributed by atoms with E-state index in [9.17, 15) is 18.0 Å². The summed E-state index contributed by atoms with van der Waals surface area (Å²) in [5.41, 5.74) is 1.21. The Labute approximate surface area is 195 Å². The smallest absolute Gasteiger partial charge is 0.372 e. The maximum atomic E-state index is 13.1. The maximum Gasteiger partial charge on any atom is 0.453 e. The van der Waals surface area contributed by atoms with E-state index in [1.165, 1.54) is 11.8 Å². The Hall–Kier alpha value is -3.37. The number of fused-ring (bicyclic) bond motifs is 1. The van der Waals surface area contributed by atoms with E-state index >= 15 is 0 Å². The first kappa shape index (κ1) is 23.8. The van der Waals surface area contributed by atoms with E-state index in [2.05, 4.69) is 44.6 Å². The van der Waals surface area contributed by atoms with Crippen LogP contribution in [-0.2, 0) is 11.0 Å². The molecule has 0 atom stereocenters. The second kappa shape index (κ2) is 10.3. The molecular weight excluding hydrogens is 447 g/mol. The lowest BCUT2D eigenvalue weighted by Crippen LogP contribution is -2.41. The molecule has 1 fully saturated rings. The van der Waals surface area contributed by atoms with Gasteiger partial charge in [-0.15, -0.1) is 15.3 Å². The second-order valence-electron chi connectivity index (χ2n) is 8.30. The normalized spacial score (nSPS) is 15.0. The molecule has 1 saturated heterocycles. The van der Waals surface area contributed by atoms with E-state index in [4.69, 9.17) is 0 Å². The number of carbonyl (C=O) groups excluding carboxylic acids is 1. The third-order valence-corrected chi connectivity index (χ3v) is 6.10. The molecule has 8 nitrogen and oxygen atoms in total. The summed E-state index contributed by atoms with van der Waals surface area (Å²) >= 11 is 0. The third-order valence-electron chi connectivity index (χ3n) is 6.10. The van der Waals surface area contributed by atoms with Crippen LogP contribution < -0.4 is 15.1 Å². The van der Waals surface area contributed by atoms with Gasteiger partial charge in [0.05, 0.1) is 0 Å². The van der Waals surface area contributed by atoms with Crippen molar-refractivity contribution in [1.29, 1.82) is 0 Å². The first-order valence-corrected chi connectivity index (χ1v) is 11.5. The summed E-state index contributed by atoms with van der Waals surface area (Å²) in [6, 6.07) is 13.3. The molecule has 0 spiro atoms. The van der Waals surface area contributed by atoms with E-state index in [-0.39, 0.29) is 17.5 Å². The molecule has 34 heavy (non-hydrogen) atoms. The Bertz CT molecular complexity index is 1090. The average molecular weight is 476 g/mol. The van der Waals surface area contributed by atoms with Crippen molar-refractivity contribution in [3.63, 3.8) is 0 Å². The minimum absolute atomic E-state index is 0.0315. The molecule has 1 aliphatic heterocycles. The molecule has 0 bridgehead atoms. The Morgan fingerprint density at radius 3 is 2.53 bits per heavy atom. The van der Waals surface area contributed by atoms with Crippen LogP contribution in [0, 0.1) is 5.92 Å². The number of halogens is 3. The summed E-state index contributed by atoms with van der Waals surface area (Å²) in [6.07, 6.45) is -2.56. The first-order chi connectivity index (χ1) is 16.4. The van der Waals surface area contributed by atoms with Crippen LogP contribution in [0.5, 0.6) is 0 Å². The van der Waals surface area contributed by atoms with Crippen LogP contribution in [-0.4, -0.2) is 58.4 Å². The quantitative estimate of drug-likeness (QED) is 0.504. The number of benzene rings is 1. The van der Waals surface area contributed by atoms with Crippen molar-refractivity contribution in [2.45, 2.75) is 32.4 Å². The highest BCUT2D eigenvalue weighted by Crippen LogP contribution is 2.28. The first-order valence-electron chi connectivity index (χ1n) is 11.5. The van der Waals surface area contributed by atoms with Crippen LogP contribution in [0.1, 0.15) is 32.0 Å². The van der Waals surface area contributed by atoms with Gasteiger partial charge in [0.15, 0.2) is 5.65 Å². The number of piperidine rings is 1. The number of alkyl halides is 3. The summed E-state index contributed by atoms with van der Waals surface area (Å²) in [6.45, 7) is 5.55. The second-order valence-corrected chi connectivity index (χ2v) is 8.30. The standard InChI is InChI=1S/C23H28F3N7O/c1-2-31(18-7-4-3-5-8-18)14-6-13-27-21(34)17-11-15-32(16-12-17)20-10-9-19-28-29-22(23(24,25)26)33(19)30-20/h3-5,7-10,17H,2,6,11-16H2,1H3,(H,27,34). The van der Waals surface area contributed by atoms with Crippen molar-refractivity contribution in [2.24, 2.45) is 5.92 Å².